The minimum Gasteiger partial charge on any atom is -0.497 e. The van der Waals surface area contributed by atoms with Gasteiger partial charge in [0.25, 0.3) is 0 Å². The Bertz CT molecular complexity index is 911. The van der Waals surface area contributed by atoms with Gasteiger partial charge in [-0.1, -0.05) is 29.5 Å². The average molecular weight is 374 g/mol. The van der Waals surface area contributed by atoms with Crippen LogP contribution in [0.3, 0.4) is 0 Å². The van der Waals surface area contributed by atoms with Crippen molar-refractivity contribution in [3.63, 3.8) is 0 Å². The second kappa shape index (κ2) is 7.70. The zero-order valence-electron chi connectivity index (χ0n) is 14.5. The van der Waals surface area contributed by atoms with Crippen LogP contribution in [0.25, 0.3) is 10.2 Å². The third-order valence-electron chi connectivity index (χ3n) is 4.23. The third kappa shape index (κ3) is 3.77. The van der Waals surface area contributed by atoms with E-state index in [1.165, 1.54) is 17.4 Å². The van der Waals surface area contributed by atoms with Gasteiger partial charge in [0.2, 0.25) is 0 Å². The molecule has 2 aromatic carbocycles. The van der Waals surface area contributed by atoms with Crippen molar-refractivity contribution in [1.29, 1.82) is 0 Å². The van der Waals surface area contributed by atoms with E-state index in [-0.39, 0.29) is 5.82 Å². The standard InChI is InChI=1S/C19H19FN2O3S/c1-12(18(23)24)22(11-10-13-6-8-14(25-2)9-7-13)19-21-16-5-3-4-15(20)17(16)26-19/h3-9,12H,10-11H2,1-2H3,(H,23,24)/t12-/m0/s1. The summed E-state index contributed by atoms with van der Waals surface area (Å²) in [4.78, 5) is 17.7. The van der Waals surface area contributed by atoms with Crippen molar-refractivity contribution in [3.8, 4) is 5.75 Å². The molecule has 1 N–H and O–H groups in total. The molecular formula is C19H19FN2O3S. The van der Waals surface area contributed by atoms with Gasteiger partial charge in [0.15, 0.2) is 5.13 Å². The van der Waals surface area contributed by atoms with Crippen LogP contribution in [0.15, 0.2) is 42.5 Å². The number of carboxylic acids is 1. The molecule has 0 fully saturated rings. The van der Waals surface area contributed by atoms with Gasteiger partial charge in [-0.05, 0) is 43.2 Å². The molecule has 5 nitrogen and oxygen atoms in total. The fraction of sp³-hybridized carbons (Fsp3) is 0.263. The number of carboxylic acid groups (broad SMARTS) is 1. The zero-order valence-corrected chi connectivity index (χ0v) is 15.3. The summed E-state index contributed by atoms with van der Waals surface area (Å²) in [6, 6.07) is 11.6. The molecule has 0 amide bonds. The number of nitrogens with zero attached hydrogens (tertiary/aromatic N) is 2. The van der Waals surface area contributed by atoms with Gasteiger partial charge >= 0.3 is 5.97 Å². The molecule has 0 saturated carbocycles. The summed E-state index contributed by atoms with van der Waals surface area (Å²) in [7, 11) is 1.61. The van der Waals surface area contributed by atoms with Crippen molar-refractivity contribution in [2.45, 2.75) is 19.4 Å². The van der Waals surface area contributed by atoms with Gasteiger partial charge < -0.3 is 14.7 Å². The Morgan fingerprint density at radius 1 is 1.31 bits per heavy atom. The number of ether oxygens (including phenoxy) is 1. The van der Waals surface area contributed by atoms with E-state index in [4.69, 9.17) is 4.74 Å². The van der Waals surface area contributed by atoms with Crippen molar-refractivity contribution in [1.82, 2.24) is 4.98 Å². The Labute approximate surface area is 154 Å². The summed E-state index contributed by atoms with van der Waals surface area (Å²) in [5, 5.41) is 9.96. The molecule has 3 aromatic rings. The first kappa shape index (κ1) is 18.1. The first-order valence-corrected chi connectivity index (χ1v) is 8.98. The summed E-state index contributed by atoms with van der Waals surface area (Å²) in [5.74, 6) is -0.519. The van der Waals surface area contributed by atoms with Crippen LogP contribution in [-0.4, -0.2) is 35.8 Å². The molecule has 1 atom stereocenters. The van der Waals surface area contributed by atoms with Crippen LogP contribution in [0, 0.1) is 5.82 Å². The number of methoxy groups -OCH3 is 1. The molecule has 136 valence electrons. The quantitative estimate of drug-likeness (QED) is 0.678. The number of hydrogen-bond donors (Lipinski definition) is 1. The Balaban J connectivity index is 1.86. The van der Waals surface area contributed by atoms with Crippen LogP contribution in [0.2, 0.25) is 0 Å². The minimum absolute atomic E-state index is 0.343. The molecule has 7 heteroatoms. The maximum absolute atomic E-state index is 14.0. The van der Waals surface area contributed by atoms with E-state index in [1.54, 1.807) is 31.1 Å². The second-order valence-electron chi connectivity index (χ2n) is 5.89. The Kier molecular flexibility index (Phi) is 5.37. The molecule has 0 aliphatic carbocycles. The van der Waals surface area contributed by atoms with E-state index in [1.807, 2.05) is 24.3 Å². The normalized spacial score (nSPS) is 12.1. The van der Waals surface area contributed by atoms with Crippen LogP contribution in [0.1, 0.15) is 12.5 Å². The van der Waals surface area contributed by atoms with Gasteiger partial charge in [0.05, 0.1) is 17.3 Å². The van der Waals surface area contributed by atoms with E-state index in [0.717, 1.165) is 11.3 Å². The first-order valence-electron chi connectivity index (χ1n) is 8.17. The first-order chi connectivity index (χ1) is 12.5. The number of thiazole rings is 1. The molecule has 3 rings (SSSR count). The molecule has 0 spiro atoms. The molecule has 0 radical (unpaired) electrons. The largest absolute Gasteiger partial charge is 0.497 e. The predicted molar refractivity (Wildman–Crippen MR) is 101 cm³/mol. The van der Waals surface area contributed by atoms with Crippen molar-refractivity contribution < 1.29 is 19.0 Å². The Morgan fingerprint density at radius 2 is 2.04 bits per heavy atom. The van der Waals surface area contributed by atoms with Gasteiger partial charge in [-0.15, -0.1) is 0 Å². The summed E-state index contributed by atoms with van der Waals surface area (Å²) in [6.45, 7) is 2.07. The minimum atomic E-state index is -0.945. The van der Waals surface area contributed by atoms with E-state index in [0.29, 0.717) is 28.3 Å². The van der Waals surface area contributed by atoms with Crippen LogP contribution < -0.4 is 9.64 Å². The Hall–Kier alpha value is -2.67. The number of anilines is 1. The third-order valence-corrected chi connectivity index (χ3v) is 5.34. The molecular weight excluding hydrogens is 355 g/mol. The summed E-state index contributed by atoms with van der Waals surface area (Å²) in [5.41, 5.74) is 1.60. The lowest BCUT2D eigenvalue weighted by atomic mass is 10.1. The van der Waals surface area contributed by atoms with Crippen molar-refractivity contribution >= 4 is 32.7 Å². The lowest BCUT2D eigenvalue weighted by Gasteiger charge is -2.25. The monoisotopic (exact) mass is 374 g/mol. The predicted octanol–water partition coefficient (Wildman–Crippen LogP) is 3.97. The maximum atomic E-state index is 14.0. The van der Waals surface area contributed by atoms with E-state index in [2.05, 4.69) is 4.98 Å². The highest BCUT2D eigenvalue weighted by Crippen LogP contribution is 2.32. The summed E-state index contributed by atoms with van der Waals surface area (Å²) >= 11 is 1.18. The van der Waals surface area contributed by atoms with Crippen LogP contribution in [-0.2, 0) is 11.2 Å². The van der Waals surface area contributed by atoms with Crippen LogP contribution in [0.4, 0.5) is 9.52 Å². The van der Waals surface area contributed by atoms with Gasteiger partial charge in [-0.3, -0.25) is 0 Å². The molecule has 1 heterocycles. The van der Waals surface area contributed by atoms with Crippen molar-refractivity contribution in [2.75, 3.05) is 18.6 Å². The highest BCUT2D eigenvalue weighted by atomic mass is 32.1. The van der Waals surface area contributed by atoms with Gasteiger partial charge in [0.1, 0.15) is 17.6 Å². The second-order valence-corrected chi connectivity index (χ2v) is 6.87. The van der Waals surface area contributed by atoms with Crippen molar-refractivity contribution in [3.05, 3.63) is 53.8 Å². The SMILES string of the molecule is COc1ccc(CCN(c2nc3cccc(F)c3s2)[C@@H](C)C(=O)O)cc1. The molecule has 0 unspecified atom stereocenters. The van der Waals surface area contributed by atoms with Gasteiger partial charge in [-0.2, -0.15) is 0 Å². The molecule has 0 bridgehead atoms. The molecule has 0 aliphatic heterocycles. The maximum Gasteiger partial charge on any atom is 0.326 e. The molecule has 0 saturated heterocycles. The summed E-state index contributed by atoms with van der Waals surface area (Å²) in [6.07, 6.45) is 0.639. The summed E-state index contributed by atoms with van der Waals surface area (Å²) < 4.78 is 19.6. The fourth-order valence-electron chi connectivity index (χ4n) is 2.66. The van der Waals surface area contributed by atoms with Gasteiger partial charge in [-0.25, -0.2) is 14.2 Å². The van der Waals surface area contributed by atoms with E-state index in [9.17, 15) is 14.3 Å². The Morgan fingerprint density at radius 3 is 2.65 bits per heavy atom. The van der Waals surface area contributed by atoms with E-state index < -0.39 is 12.0 Å². The number of rotatable bonds is 7. The van der Waals surface area contributed by atoms with Crippen LogP contribution in [0.5, 0.6) is 5.75 Å². The average Bonchev–Trinajstić information content (AvgIpc) is 3.07. The van der Waals surface area contributed by atoms with E-state index >= 15 is 0 Å². The molecule has 26 heavy (non-hydrogen) atoms. The number of fused-ring (bicyclic) bond motifs is 1. The zero-order chi connectivity index (χ0) is 18.7. The molecule has 0 aliphatic rings. The number of aliphatic carboxylic acids is 1. The highest BCUT2D eigenvalue weighted by Gasteiger charge is 2.24. The lowest BCUT2D eigenvalue weighted by molar-refractivity contribution is -0.138. The topological polar surface area (TPSA) is 62.7 Å². The number of benzene rings is 2. The number of aromatic nitrogens is 1. The number of halogens is 1. The van der Waals surface area contributed by atoms with Crippen LogP contribution >= 0.6 is 11.3 Å². The van der Waals surface area contributed by atoms with Crippen molar-refractivity contribution in [2.24, 2.45) is 0 Å². The smallest absolute Gasteiger partial charge is 0.326 e. The highest BCUT2D eigenvalue weighted by molar-refractivity contribution is 7.22. The number of carbonyl (C=O) groups is 1. The van der Waals surface area contributed by atoms with Gasteiger partial charge in [0, 0.05) is 6.54 Å². The molecule has 1 aromatic heterocycles. The number of hydrogen-bond acceptors (Lipinski definition) is 5. The lowest BCUT2D eigenvalue weighted by Crippen LogP contribution is -2.40. The fourth-order valence-corrected chi connectivity index (χ4v) is 3.73.